The van der Waals surface area contributed by atoms with Crippen molar-refractivity contribution in [2.24, 2.45) is 0 Å². The van der Waals surface area contributed by atoms with Crippen molar-refractivity contribution in [3.8, 4) is 0 Å². The molecule has 1 unspecified atom stereocenters. The Morgan fingerprint density at radius 2 is 2.20 bits per heavy atom. The minimum absolute atomic E-state index is 0.444. The highest BCUT2D eigenvalue weighted by Gasteiger charge is 2.12. The largest absolute Gasteiger partial charge is 0.326 e. The summed E-state index contributed by atoms with van der Waals surface area (Å²) in [6.45, 7) is 6.39. The van der Waals surface area contributed by atoms with Crippen molar-refractivity contribution in [2.75, 3.05) is 13.6 Å². The Morgan fingerprint density at radius 1 is 1.45 bits per heavy atom. The number of aromatic nitrogens is 2. The summed E-state index contributed by atoms with van der Waals surface area (Å²) in [5.41, 5.74) is 2.16. The zero-order valence-electron chi connectivity index (χ0n) is 12.2. The second-order valence-electron chi connectivity index (χ2n) is 5.18. The van der Waals surface area contributed by atoms with Crippen LogP contribution >= 0.6 is 27.5 Å². The lowest BCUT2D eigenvalue weighted by Crippen LogP contribution is -2.31. The Balaban J connectivity index is 2.24. The fourth-order valence-corrected chi connectivity index (χ4v) is 2.85. The van der Waals surface area contributed by atoms with Gasteiger partial charge >= 0.3 is 0 Å². The van der Waals surface area contributed by atoms with E-state index in [1.165, 1.54) is 0 Å². The van der Waals surface area contributed by atoms with E-state index in [4.69, 9.17) is 11.6 Å². The Morgan fingerprint density at radius 3 is 2.85 bits per heavy atom. The normalized spacial score (nSPS) is 13.3. The number of benzene rings is 1. The highest BCUT2D eigenvalue weighted by Crippen LogP contribution is 2.22. The zero-order chi connectivity index (χ0) is 14.7. The topological polar surface area (TPSA) is 21.1 Å². The van der Waals surface area contributed by atoms with Crippen LogP contribution in [0.15, 0.2) is 22.7 Å². The maximum Gasteiger partial charge on any atom is 0.124 e. The maximum absolute atomic E-state index is 6.04. The van der Waals surface area contributed by atoms with E-state index in [0.29, 0.717) is 11.9 Å². The van der Waals surface area contributed by atoms with E-state index in [9.17, 15) is 0 Å². The number of likely N-dealkylation sites (N-methyl/N-ethyl adjacent to an activating group) is 1. The fourth-order valence-electron chi connectivity index (χ4n) is 2.29. The molecule has 1 aromatic carbocycles. The molecule has 0 aliphatic rings. The van der Waals surface area contributed by atoms with Gasteiger partial charge in [-0.05, 0) is 38.6 Å². The van der Waals surface area contributed by atoms with Gasteiger partial charge in [0.05, 0.1) is 16.9 Å². The highest BCUT2D eigenvalue weighted by molar-refractivity contribution is 9.10. The fraction of sp³-hybridized carbons (Fsp3) is 0.533. The standard InChI is InChI=1S/C15H21BrClN3/c1-4-11(2)19(3)7-8-20-14-6-5-12(16)9-13(14)18-15(20)10-17/h5-6,9,11H,4,7-8,10H2,1-3H3. The molecule has 20 heavy (non-hydrogen) atoms. The van der Waals surface area contributed by atoms with Gasteiger partial charge in [-0.25, -0.2) is 4.98 Å². The van der Waals surface area contributed by atoms with Crippen molar-refractivity contribution in [1.29, 1.82) is 0 Å². The first-order valence-electron chi connectivity index (χ1n) is 6.97. The van der Waals surface area contributed by atoms with Crippen LogP contribution in [0.5, 0.6) is 0 Å². The minimum atomic E-state index is 0.444. The predicted octanol–water partition coefficient (Wildman–Crippen LogP) is 4.27. The molecule has 0 radical (unpaired) electrons. The lowest BCUT2D eigenvalue weighted by molar-refractivity contribution is 0.243. The minimum Gasteiger partial charge on any atom is -0.326 e. The number of halogens is 2. The summed E-state index contributed by atoms with van der Waals surface area (Å²) in [6.07, 6.45) is 1.16. The van der Waals surface area contributed by atoms with Gasteiger partial charge in [0.1, 0.15) is 5.82 Å². The van der Waals surface area contributed by atoms with E-state index in [1.807, 2.05) is 6.07 Å². The van der Waals surface area contributed by atoms with Gasteiger partial charge in [-0.2, -0.15) is 0 Å². The van der Waals surface area contributed by atoms with Crippen molar-refractivity contribution in [3.63, 3.8) is 0 Å². The molecule has 5 heteroatoms. The molecule has 0 saturated heterocycles. The number of alkyl halides is 1. The van der Waals surface area contributed by atoms with Crippen molar-refractivity contribution < 1.29 is 0 Å². The maximum atomic E-state index is 6.04. The van der Waals surface area contributed by atoms with Gasteiger partial charge in [-0.3, -0.25) is 0 Å². The summed E-state index contributed by atoms with van der Waals surface area (Å²) < 4.78 is 3.28. The average molecular weight is 359 g/mol. The quantitative estimate of drug-likeness (QED) is 0.719. The van der Waals surface area contributed by atoms with Crippen molar-refractivity contribution >= 4 is 38.6 Å². The Kier molecular flexibility index (Phi) is 5.47. The van der Waals surface area contributed by atoms with Crippen LogP contribution in [0.4, 0.5) is 0 Å². The van der Waals surface area contributed by atoms with Crippen LogP contribution in [0.1, 0.15) is 26.1 Å². The molecule has 0 aliphatic heterocycles. The van der Waals surface area contributed by atoms with Gasteiger partial charge in [0.2, 0.25) is 0 Å². The monoisotopic (exact) mass is 357 g/mol. The SMILES string of the molecule is CCC(C)N(C)CCn1c(CCl)nc2cc(Br)ccc21. The molecule has 1 atom stereocenters. The third kappa shape index (κ3) is 3.35. The molecular weight excluding hydrogens is 338 g/mol. The lowest BCUT2D eigenvalue weighted by atomic mass is 10.2. The third-order valence-corrected chi connectivity index (χ3v) is 4.66. The summed E-state index contributed by atoms with van der Waals surface area (Å²) in [5.74, 6) is 1.39. The molecule has 3 nitrogen and oxygen atoms in total. The first-order chi connectivity index (χ1) is 9.56. The smallest absolute Gasteiger partial charge is 0.124 e. The molecule has 0 N–H and O–H groups in total. The van der Waals surface area contributed by atoms with Crippen LogP contribution in [-0.2, 0) is 12.4 Å². The Hall–Kier alpha value is -0.580. The van der Waals surface area contributed by atoms with Gasteiger partial charge in [0.25, 0.3) is 0 Å². The zero-order valence-corrected chi connectivity index (χ0v) is 14.6. The number of rotatable bonds is 6. The van der Waals surface area contributed by atoms with Gasteiger partial charge in [-0.15, -0.1) is 11.6 Å². The molecule has 0 fully saturated rings. The van der Waals surface area contributed by atoms with Crippen LogP contribution in [0.3, 0.4) is 0 Å². The summed E-state index contributed by atoms with van der Waals surface area (Å²) >= 11 is 9.53. The van der Waals surface area contributed by atoms with Gasteiger partial charge in [0.15, 0.2) is 0 Å². The lowest BCUT2D eigenvalue weighted by Gasteiger charge is -2.24. The Bertz CT molecular complexity index is 582. The first kappa shape index (κ1) is 15.8. The number of imidazole rings is 1. The van der Waals surface area contributed by atoms with Crippen molar-refractivity contribution in [2.45, 2.75) is 38.7 Å². The summed E-state index contributed by atoms with van der Waals surface area (Å²) in [6, 6.07) is 6.79. The van der Waals surface area contributed by atoms with E-state index in [1.54, 1.807) is 0 Å². The predicted molar refractivity (Wildman–Crippen MR) is 89.4 cm³/mol. The molecule has 1 heterocycles. The molecular formula is C15H21BrClN3. The van der Waals surface area contributed by atoms with Crippen LogP contribution in [-0.4, -0.2) is 34.1 Å². The summed E-state index contributed by atoms with van der Waals surface area (Å²) in [4.78, 5) is 7.00. The van der Waals surface area contributed by atoms with E-state index in [2.05, 4.69) is 63.4 Å². The molecule has 2 aromatic rings. The van der Waals surface area contributed by atoms with Crippen LogP contribution in [0, 0.1) is 0 Å². The van der Waals surface area contributed by atoms with E-state index in [-0.39, 0.29) is 0 Å². The molecule has 0 saturated carbocycles. The molecule has 1 aromatic heterocycles. The van der Waals surface area contributed by atoms with Gasteiger partial charge in [-0.1, -0.05) is 22.9 Å². The van der Waals surface area contributed by atoms with E-state index in [0.717, 1.165) is 40.8 Å². The van der Waals surface area contributed by atoms with Crippen LogP contribution in [0.2, 0.25) is 0 Å². The first-order valence-corrected chi connectivity index (χ1v) is 8.30. The Labute approximate surface area is 134 Å². The molecule has 2 rings (SSSR count). The number of fused-ring (bicyclic) bond motifs is 1. The number of hydrogen-bond acceptors (Lipinski definition) is 2. The van der Waals surface area contributed by atoms with E-state index < -0.39 is 0 Å². The van der Waals surface area contributed by atoms with Crippen LogP contribution < -0.4 is 0 Å². The second-order valence-corrected chi connectivity index (χ2v) is 6.37. The molecule has 0 spiro atoms. The van der Waals surface area contributed by atoms with Crippen molar-refractivity contribution in [1.82, 2.24) is 14.5 Å². The molecule has 110 valence electrons. The average Bonchev–Trinajstić information content (AvgIpc) is 2.80. The van der Waals surface area contributed by atoms with Gasteiger partial charge in [0, 0.05) is 23.6 Å². The van der Waals surface area contributed by atoms with E-state index >= 15 is 0 Å². The summed E-state index contributed by atoms with van der Waals surface area (Å²) in [5, 5.41) is 0. The van der Waals surface area contributed by atoms with Gasteiger partial charge < -0.3 is 9.47 Å². The third-order valence-electron chi connectivity index (χ3n) is 3.93. The molecule has 0 aliphatic carbocycles. The molecule has 0 bridgehead atoms. The number of hydrogen-bond donors (Lipinski definition) is 0. The van der Waals surface area contributed by atoms with Crippen molar-refractivity contribution in [3.05, 3.63) is 28.5 Å². The molecule has 0 amide bonds. The highest BCUT2D eigenvalue weighted by atomic mass is 79.9. The van der Waals surface area contributed by atoms with Crippen LogP contribution in [0.25, 0.3) is 11.0 Å². The number of nitrogens with zero attached hydrogens (tertiary/aromatic N) is 3. The second kappa shape index (κ2) is 6.92. The summed E-state index contributed by atoms with van der Waals surface area (Å²) in [7, 11) is 2.17.